The number of fused-ring (bicyclic) bond motifs is 1. The Morgan fingerprint density at radius 1 is 1.25 bits per heavy atom. The van der Waals surface area contributed by atoms with Crippen molar-refractivity contribution in [3.8, 4) is 0 Å². The van der Waals surface area contributed by atoms with Crippen LogP contribution in [0.4, 0.5) is 4.79 Å². The number of thioether (sulfide) groups is 1. The van der Waals surface area contributed by atoms with Gasteiger partial charge in [-0.25, -0.2) is 4.79 Å². The highest BCUT2D eigenvalue weighted by Crippen LogP contribution is 2.33. The second kappa shape index (κ2) is 8.16. The van der Waals surface area contributed by atoms with Gasteiger partial charge in [-0.1, -0.05) is 18.6 Å². The second-order valence-electron chi connectivity index (χ2n) is 6.31. The Balaban J connectivity index is 1.30. The summed E-state index contributed by atoms with van der Waals surface area (Å²) in [5.74, 6) is 1.08. The monoisotopic (exact) mass is 365 g/mol. The van der Waals surface area contributed by atoms with E-state index in [0.29, 0.717) is 18.2 Å². The van der Waals surface area contributed by atoms with Crippen LogP contribution in [0.2, 0.25) is 0 Å². The molecule has 1 aromatic carbocycles. The van der Waals surface area contributed by atoms with Gasteiger partial charge in [-0.15, -0.1) is 12.6 Å². The number of carbonyl (C=O) groups excluding carboxylic acids is 2. The molecular weight excluding hydrogens is 342 g/mol. The standard InChI is InChI=1S/C17H23N3O2S2/c21-15(18-9-11-5-7-12(23)8-6-11)4-2-1-3-14-16-13(10-24-14)19-17(22)20-16/h5-8,13-14,16,23H,1-4,9-10H2,(H,18,21)(H2,19,20,22)/t13-,14?,16-/m0/s1. The van der Waals surface area contributed by atoms with Crippen molar-refractivity contribution in [1.82, 2.24) is 16.0 Å². The first-order chi connectivity index (χ1) is 11.6. The summed E-state index contributed by atoms with van der Waals surface area (Å²) in [6.07, 6.45) is 3.50. The van der Waals surface area contributed by atoms with E-state index < -0.39 is 0 Å². The van der Waals surface area contributed by atoms with Crippen molar-refractivity contribution in [2.24, 2.45) is 0 Å². The van der Waals surface area contributed by atoms with Crippen LogP contribution < -0.4 is 16.0 Å². The number of amides is 3. The van der Waals surface area contributed by atoms with Crippen LogP contribution in [0.25, 0.3) is 0 Å². The Kier molecular flexibility index (Phi) is 5.94. The number of benzene rings is 1. The first-order valence-electron chi connectivity index (χ1n) is 8.35. The number of hydrogen-bond acceptors (Lipinski definition) is 4. The Labute approximate surface area is 152 Å². The number of hydrogen-bond donors (Lipinski definition) is 4. The maximum atomic E-state index is 11.9. The van der Waals surface area contributed by atoms with E-state index in [4.69, 9.17) is 0 Å². The van der Waals surface area contributed by atoms with Crippen molar-refractivity contribution in [2.75, 3.05) is 5.75 Å². The summed E-state index contributed by atoms with van der Waals surface area (Å²) in [6.45, 7) is 0.562. The summed E-state index contributed by atoms with van der Waals surface area (Å²) >= 11 is 6.17. The average molecular weight is 366 g/mol. The van der Waals surface area contributed by atoms with E-state index in [2.05, 4.69) is 28.6 Å². The summed E-state index contributed by atoms with van der Waals surface area (Å²) in [5.41, 5.74) is 1.08. The van der Waals surface area contributed by atoms with E-state index in [1.54, 1.807) is 0 Å². The molecule has 2 saturated heterocycles. The molecule has 130 valence electrons. The van der Waals surface area contributed by atoms with Gasteiger partial charge in [-0.05, 0) is 30.5 Å². The molecule has 0 bridgehead atoms. The van der Waals surface area contributed by atoms with Gasteiger partial charge >= 0.3 is 6.03 Å². The first kappa shape index (κ1) is 17.5. The van der Waals surface area contributed by atoms with Crippen LogP contribution in [-0.4, -0.2) is 35.0 Å². The van der Waals surface area contributed by atoms with Crippen molar-refractivity contribution in [1.29, 1.82) is 0 Å². The predicted molar refractivity (Wildman–Crippen MR) is 99.5 cm³/mol. The highest BCUT2D eigenvalue weighted by molar-refractivity contribution is 8.00. The summed E-state index contributed by atoms with van der Waals surface area (Å²) in [5, 5.41) is 9.38. The number of unbranched alkanes of at least 4 members (excludes halogenated alkanes) is 1. The summed E-state index contributed by atoms with van der Waals surface area (Å²) < 4.78 is 0. The lowest BCUT2D eigenvalue weighted by molar-refractivity contribution is -0.121. The van der Waals surface area contributed by atoms with Gasteiger partial charge in [0.2, 0.25) is 5.91 Å². The van der Waals surface area contributed by atoms with E-state index in [-0.39, 0.29) is 24.0 Å². The van der Waals surface area contributed by atoms with Crippen molar-refractivity contribution < 1.29 is 9.59 Å². The summed E-state index contributed by atoms with van der Waals surface area (Å²) in [4.78, 5) is 24.2. The van der Waals surface area contributed by atoms with Gasteiger partial charge in [0.05, 0.1) is 12.1 Å². The Morgan fingerprint density at radius 2 is 2.04 bits per heavy atom. The minimum atomic E-state index is -0.0411. The molecule has 24 heavy (non-hydrogen) atoms. The van der Waals surface area contributed by atoms with E-state index in [1.165, 1.54) is 0 Å². The lowest BCUT2D eigenvalue weighted by Gasteiger charge is -2.16. The highest BCUT2D eigenvalue weighted by atomic mass is 32.2. The fraction of sp³-hybridized carbons (Fsp3) is 0.529. The SMILES string of the molecule is O=C(CCCCC1SC[C@@H]2NC(=O)N[C@H]12)NCc1ccc(S)cc1. The van der Waals surface area contributed by atoms with Crippen molar-refractivity contribution >= 4 is 36.3 Å². The topological polar surface area (TPSA) is 70.2 Å². The van der Waals surface area contributed by atoms with Gasteiger partial charge in [0.1, 0.15) is 0 Å². The van der Waals surface area contributed by atoms with E-state index >= 15 is 0 Å². The minimum Gasteiger partial charge on any atom is -0.352 e. The average Bonchev–Trinajstić information content (AvgIpc) is 3.10. The minimum absolute atomic E-state index is 0.0411. The molecule has 3 rings (SSSR count). The Bertz CT molecular complexity index is 594. The molecular formula is C17H23N3O2S2. The predicted octanol–water partition coefficient (Wildman–Crippen LogP) is 2.32. The molecule has 1 aromatic rings. The smallest absolute Gasteiger partial charge is 0.315 e. The van der Waals surface area contributed by atoms with Crippen LogP contribution in [0.3, 0.4) is 0 Å². The molecule has 7 heteroatoms. The largest absolute Gasteiger partial charge is 0.352 e. The molecule has 3 N–H and O–H groups in total. The highest BCUT2D eigenvalue weighted by Gasteiger charge is 2.42. The maximum absolute atomic E-state index is 11.9. The van der Waals surface area contributed by atoms with Crippen LogP contribution in [-0.2, 0) is 11.3 Å². The second-order valence-corrected chi connectivity index (χ2v) is 8.10. The fourth-order valence-corrected chi connectivity index (χ4v) is 4.87. The van der Waals surface area contributed by atoms with Crippen LogP contribution in [0.15, 0.2) is 29.2 Å². The van der Waals surface area contributed by atoms with Gasteiger partial charge in [0, 0.05) is 28.9 Å². The molecule has 0 saturated carbocycles. The molecule has 3 atom stereocenters. The van der Waals surface area contributed by atoms with Gasteiger partial charge in [-0.2, -0.15) is 11.8 Å². The molecule has 2 fully saturated rings. The molecule has 0 aromatic heterocycles. The van der Waals surface area contributed by atoms with Crippen molar-refractivity contribution in [2.45, 2.75) is 54.5 Å². The van der Waals surface area contributed by atoms with Crippen LogP contribution in [0, 0.1) is 0 Å². The number of nitrogens with one attached hydrogen (secondary N) is 3. The third kappa shape index (κ3) is 4.60. The lowest BCUT2D eigenvalue weighted by atomic mass is 10.0. The van der Waals surface area contributed by atoms with Gasteiger partial charge in [-0.3, -0.25) is 4.79 Å². The van der Waals surface area contributed by atoms with Gasteiger partial charge in [0.25, 0.3) is 0 Å². The normalized spacial score (nSPS) is 25.0. The molecule has 2 heterocycles. The molecule has 0 aliphatic carbocycles. The van der Waals surface area contributed by atoms with Crippen LogP contribution in [0.5, 0.6) is 0 Å². The summed E-state index contributed by atoms with van der Waals surface area (Å²) in [7, 11) is 0. The number of carbonyl (C=O) groups is 2. The zero-order valence-corrected chi connectivity index (χ0v) is 15.2. The number of thiol groups is 1. The molecule has 3 amide bonds. The Hall–Kier alpha value is -1.34. The third-order valence-electron chi connectivity index (χ3n) is 4.51. The maximum Gasteiger partial charge on any atom is 0.315 e. The van der Waals surface area contributed by atoms with Gasteiger partial charge in [0.15, 0.2) is 0 Å². The zero-order valence-electron chi connectivity index (χ0n) is 13.5. The van der Waals surface area contributed by atoms with Crippen molar-refractivity contribution in [3.05, 3.63) is 29.8 Å². The molecule has 0 radical (unpaired) electrons. The van der Waals surface area contributed by atoms with E-state index in [1.807, 2.05) is 36.0 Å². The van der Waals surface area contributed by atoms with E-state index in [9.17, 15) is 9.59 Å². The van der Waals surface area contributed by atoms with Gasteiger partial charge < -0.3 is 16.0 Å². The third-order valence-corrected chi connectivity index (χ3v) is 6.31. The van der Waals surface area contributed by atoms with Crippen LogP contribution >= 0.6 is 24.4 Å². The van der Waals surface area contributed by atoms with Crippen molar-refractivity contribution in [3.63, 3.8) is 0 Å². The fourth-order valence-electron chi connectivity index (χ4n) is 3.18. The first-order valence-corrected chi connectivity index (χ1v) is 9.84. The molecule has 5 nitrogen and oxygen atoms in total. The number of rotatable bonds is 7. The quantitative estimate of drug-likeness (QED) is 0.340. The number of urea groups is 1. The molecule has 1 unspecified atom stereocenters. The van der Waals surface area contributed by atoms with E-state index in [0.717, 1.165) is 35.5 Å². The van der Waals surface area contributed by atoms with Crippen LogP contribution in [0.1, 0.15) is 31.2 Å². The molecule has 0 spiro atoms. The summed E-state index contributed by atoms with van der Waals surface area (Å²) in [6, 6.07) is 8.29. The zero-order chi connectivity index (χ0) is 16.9. The Morgan fingerprint density at radius 3 is 2.83 bits per heavy atom. The molecule has 2 aliphatic rings. The molecule has 2 aliphatic heterocycles. The lowest BCUT2D eigenvalue weighted by Crippen LogP contribution is -2.36.